The number of carbonyl (C=O) groups is 1. The first-order valence-corrected chi connectivity index (χ1v) is 8.52. The molecule has 130 valence electrons. The van der Waals surface area contributed by atoms with Crippen molar-refractivity contribution in [2.45, 2.75) is 38.8 Å². The minimum Gasteiger partial charge on any atom is -0.376 e. The lowest BCUT2D eigenvalue weighted by Crippen LogP contribution is -2.30. The number of fused-ring (bicyclic) bond motifs is 1. The second-order valence-corrected chi connectivity index (χ2v) is 6.37. The van der Waals surface area contributed by atoms with Crippen LogP contribution in [-0.2, 0) is 27.9 Å². The lowest BCUT2D eigenvalue weighted by atomic mass is 10.1. The molecule has 0 spiro atoms. The van der Waals surface area contributed by atoms with E-state index in [1.165, 1.54) is 12.0 Å². The van der Waals surface area contributed by atoms with Crippen LogP contribution in [0.2, 0.25) is 0 Å². The van der Waals surface area contributed by atoms with E-state index in [9.17, 15) is 4.79 Å². The van der Waals surface area contributed by atoms with Gasteiger partial charge in [-0.05, 0) is 38.3 Å². The van der Waals surface area contributed by atoms with Gasteiger partial charge in [-0.15, -0.1) is 0 Å². The first-order valence-electron chi connectivity index (χ1n) is 8.52. The number of rotatable bonds is 6. The normalized spacial score (nSPS) is 18.0. The Morgan fingerprint density at radius 3 is 3.12 bits per heavy atom. The van der Waals surface area contributed by atoms with E-state index < -0.39 is 0 Å². The molecule has 6 heteroatoms. The summed E-state index contributed by atoms with van der Waals surface area (Å²) in [6.07, 6.45) is 3.44. The van der Waals surface area contributed by atoms with Crippen molar-refractivity contribution in [3.63, 3.8) is 0 Å². The first-order chi connectivity index (χ1) is 11.6. The van der Waals surface area contributed by atoms with E-state index in [1.807, 2.05) is 11.7 Å². The number of hydrogen-bond acceptors (Lipinski definition) is 4. The van der Waals surface area contributed by atoms with Gasteiger partial charge in [0.05, 0.1) is 30.5 Å². The fourth-order valence-corrected chi connectivity index (χ4v) is 3.04. The molecule has 24 heavy (non-hydrogen) atoms. The Hall–Kier alpha value is -1.92. The van der Waals surface area contributed by atoms with Crippen LogP contribution >= 0.6 is 0 Å². The zero-order chi connectivity index (χ0) is 16.9. The van der Waals surface area contributed by atoms with Gasteiger partial charge in [-0.25, -0.2) is 0 Å². The number of aryl methyl sites for hydroxylation is 2. The van der Waals surface area contributed by atoms with Crippen molar-refractivity contribution in [1.82, 2.24) is 15.1 Å². The zero-order valence-electron chi connectivity index (χ0n) is 14.4. The van der Waals surface area contributed by atoms with Gasteiger partial charge >= 0.3 is 0 Å². The smallest absolute Gasteiger partial charge is 0.246 e. The van der Waals surface area contributed by atoms with Gasteiger partial charge in [-0.1, -0.05) is 11.6 Å². The average molecular weight is 331 g/mol. The van der Waals surface area contributed by atoms with E-state index >= 15 is 0 Å². The van der Waals surface area contributed by atoms with Crippen molar-refractivity contribution in [3.8, 4) is 0 Å². The number of ether oxygens (including phenoxy) is 2. The minimum absolute atomic E-state index is 0.0592. The lowest BCUT2D eigenvalue weighted by Gasteiger charge is -2.22. The largest absolute Gasteiger partial charge is 0.376 e. The Morgan fingerprint density at radius 2 is 2.33 bits per heavy atom. The van der Waals surface area contributed by atoms with E-state index in [1.54, 1.807) is 0 Å². The molecule has 0 unspecified atom stereocenters. The summed E-state index contributed by atoms with van der Waals surface area (Å²) in [4.78, 5) is 12.0. The Morgan fingerprint density at radius 1 is 1.46 bits per heavy atom. The molecule has 1 amide bonds. The van der Waals surface area contributed by atoms with Gasteiger partial charge in [0.15, 0.2) is 0 Å². The molecule has 1 saturated heterocycles. The summed E-state index contributed by atoms with van der Waals surface area (Å²) in [6.45, 7) is 3.80. The van der Waals surface area contributed by atoms with Crippen LogP contribution in [0.3, 0.4) is 0 Å². The van der Waals surface area contributed by atoms with Crippen LogP contribution < -0.4 is 5.32 Å². The Kier molecular flexibility index (Phi) is 5.48. The molecule has 6 nitrogen and oxygen atoms in total. The maximum Gasteiger partial charge on any atom is 0.246 e. The van der Waals surface area contributed by atoms with Crippen molar-refractivity contribution < 1.29 is 14.3 Å². The van der Waals surface area contributed by atoms with E-state index in [0.717, 1.165) is 36.0 Å². The SMILES string of the molecule is Cc1ccc2c(c1)c(CNC(=O)COC[C@H]1CCCCO1)nn2C. The lowest BCUT2D eigenvalue weighted by molar-refractivity contribution is -0.128. The third kappa shape index (κ3) is 4.13. The van der Waals surface area contributed by atoms with E-state index in [4.69, 9.17) is 9.47 Å². The molecule has 1 aliphatic heterocycles. The molecule has 2 heterocycles. The fourth-order valence-electron chi connectivity index (χ4n) is 3.04. The zero-order valence-corrected chi connectivity index (χ0v) is 14.4. The number of nitrogens with zero attached hydrogens (tertiary/aromatic N) is 2. The third-order valence-electron chi connectivity index (χ3n) is 4.35. The predicted molar refractivity (Wildman–Crippen MR) is 91.7 cm³/mol. The fraction of sp³-hybridized carbons (Fsp3) is 0.556. The number of carbonyl (C=O) groups excluding carboxylic acids is 1. The van der Waals surface area contributed by atoms with Crippen molar-refractivity contribution >= 4 is 16.8 Å². The van der Waals surface area contributed by atoms with Crippen LogP contribution in [-0.4, -0.2) is 41.6 Å². The molecule has 3 rings (SSSR count). The van der Waals surface area contributed by atoms with Crippen molar-refractivity contribution in [2.24, 2.45) is 7.05 Å². The summed E-state index contributed by atoms with van der Waals surface area (Å²) in [7, 11) is 1.91. The van der Waals surface area contributed by atoms with Crippen LogP contribution in [0.25, 0.3) is 10.9 Å². The van der Waals surface area contributed by atoms with Gasteiger partial charge < -0.3 is 14.8 Å². The highest BCUT2D eigenvalue weighted by Crippen LogP contribution is 2.19. The maximum absolute atomic E-state index is 12.0. The van der Waals surface area contributed by atoms with Gasteiger partial charge in [-0.2, -0.15) is 5.10 Å². The molecule has 1 fully saturated rings. The molecule has 1 aromatic carbocycles. The van der Waals surface area contributed by atoms with E-state index in [0.29, 0.717) is 13.2 Å². The summed E-state index contributed by atoms with van der Waals surface area (Å²) in [6, 6.07) is 6.21. The highest BCUT2D eigenvalue weighted by Gasteiger charge is 2.15. The van der Waals surface area contributed by atoms with E-state index in [-0.39, 0.29) is 18.6 Å². The van der Waals surface area contributed by atoms with Gasteiger partial charge in [0, 0.05) is 19.0 Å². The molecule has 0 radical (unpaired) electrons. The minimum atomic E-state index is -0.128. The van der Waals surface area contributed by atoms with Gasteiger partial charge in [0.25, 0.3) is 0 Å². The number of aromatic nitrogens is 2. The topological polar surface area (TPSA) is 65.4 Å². The van der Waals surface area contributed by atoms with Crippen molar-refractivity contribution in [2.75, 3.05) is 19.8 Å². The van der Waals surface area contributed by atoms with Crippen LogP contribution in [0.15, 0.2) is 18.2 Å². The van der Waals surface area contributed by atoms with Crippen molar-refractivity contribution in [3.05, 3.63) is 29.5 Å². The first kappa shape index (κ1) is 16.9. The summed E-state index contributed by atoms with van der Waals surface area (Å²) < 4.78 is 12.9. The third-order valence-corrected chi connectivity index (χ3v) is 4.35. The summed E-state index contributed by atoms with van der Waals surface area (Å²) in [5.41, 5.74) is 3.12. The molecule has 1 aromatic heterocycles. The van der Waals surface area contributed by atoms with Crippen LogP contribution in [0.5, 0.6) is 0 Å². The number of nitrogens with one attached hydrogen (secondary N) is 1. The molecular formula is C18H25N3O3. The Bertz CT molecular complexity index is 705. The molecule has 1 atom stereocenters. The Balaban J connectivity index is 1.48. The van der Waals surface area contributed by atoms with Gasteiger partial charge in [-0.3, -0.25) is 9.48 Å². The van der Waals surface area contributed by atoms with Gasteiger partial charge in [0.1, 0.15) is 6.61 Å². The second-order valence-electron chi connectivity index (χ2n) is 6.37. The highest BCUT2D eigenvalue weighted by atomic mass is 16.5. The van der Waals surface area contributed by atoms with Crippen LogP contribution in [0, 0.1) is 6.92 Å². The predicted octanol–water partition coefficient (Wildman–Crippen LogP) is 2.08. The van der Waals surface area contributed by atoms with Crippen LogP contribution in [0.1, 0.15) is 30.5 Å². The number of amides is 1. The molecular weight excluding hydrogens is 306 g/mol. The molecule has 1 N–H and O–H groups in total. The molecule has 0 bridgehead atoms. The number of hydrogen-bond donors (Lipinski definition) is 1. The standard InChI is InChI=1S/C18H25N3O3/c1-13-6-7-17-15(9-13)16(20-21(17)2)10-19-18(22)12-23-11-14-5-3-4-8-24-14/h6-7,9,14H,3-5,8,10-12H2,1-2H3,(H,19,22)/t14-/m1/s1. The average Bonchev–Trinajstić information content (AvgIpc) is 2.89. The summed E-state index contributed by atoms with van der Waals surface area (Å²) >= 11 is 0. The molecule has 0 aliphatic carbocycles. The highest BCUT2D eigenvalue weighted by molar-refractivity contribution is 5.83. The molecule has 2 aromatic rings. The van der Waals surface area contributed by atoms with Gasteiger partial charge in [0.2, 0.25) is 5.91 Å². The van der Waals surface area contributed by atoms with Crippen molar-refractivity contribution in [1.29, 1.82) is 0 Å². The summed E-state index contributed by atoms with van der Waals surface area (Å²) in [5.74, 6) is -0.128. The number of benzene rings is 1. The Labute approximate surface area is 142 Å². The quantitative estimate of drug-likeness (QED) is 0.880. The molecule has 1 aliphatic rings. The second kappa shape index (κ2) is 7.77. The van der Waals surface area contributed by atoms with E-state index in [2.05, 4.69) is 35.5 Å². The maximum atomic E-state index is 12.0. The summed E-state index contributed by atoms with van der Waals surface area (Å²) in [5, 5.41) is 8.46. The molecule has 0 saturated carbocycles. The van der Waals surface area contributed by atoms with Crippen LogP contribution in [0.4, 0.5) is 0 Å². The monoisotopic (exact) mass is 331 g/mol.